The summed E-state index contributed by atoms with van der Waals surface area (Å²) in [5.74, 6) is -0.900. The summed E-state index contributed by atoms with van der Waals surface area (Å²) in [4.78, 5) is 15.3. The number of para-hydroxylation sites is 1. The summed E-state index contributed by atoms with van der Waals surface area (Å²) in [5.41, 5.74) is 1.51. The lowest BCUT2D eigenvalue weighted by atomic mass is 10.1. The first-order chi connectivity index (χ1) is 8.13. The zero-order valence-electron chi connectivity index (χ0n) is 9.50. The van der Waals surface area contributed by atoms with Gasteiger partial charge in [-0.2, -0.15) is 0 Å². The molecule has 17 heavy (non-hydrogen) atoms. The Kier molecular flexibility index (Phi) is 3.10. The fraction of sp³-hybridized carbons (Fsp3) is 0.333. The highest BCUT2D eigenvalue weighted by Gasteiger charge is 2.14. The fourth-order valence-corrected chi connectivity index (χ4v) is 1.83. The Balaban J connectivity index is 2.53. The molecule has 90 valence electrons. The van der Waals surface area contributed by atoms with E-state index in [9.17, 15) is 4.79 Å². The standard InChI is InChI=1S/C12H14N2O3/c1-8(6-15)5-14-7-13-10-4-2-3-9(11(10)14)12(16)17/h2-4,7-8,15H,5-6H2,1H3,(H,16,17). The number of carboxylic acids is 1. The van der Waals surface area contributed by atoms with Crippen molar-refractivity contribution in [2.24, 2.45) is 5.92 Å². The minimum absolute atomic E-state index is 0.0641. The van der Waals surface area contributed by atoms with E-state index in [0.717, 1.165) is 0 Å². The highest BCUT2D eigenvalue weighted by molar-refractivity contribution is 6.01. The predicted octanol–water partition coefficient (Wildman–Crippen LogP) is 1.36. The lowest BCUT2D eigenvalue weighted by Gasteiger charge is -2.10. The summed E-state index contributed by atoms with van der Waals surface area (Å²) in [6, 6.07) is 5.02. The Labute approximate surface area is 98.3 Å². The number of nitrogens with zero attached hydrogens (tertiary/aromatic N) is 2. The van der Waals surface area contributed by atoms with Gasteiger partial charge in [-0.25, -0.2) is 9.78 Å². The second kappa shape index (κ2) is 4.55. The lowest BCUT2D eigenvalue weighted by molar-refractivity contribution is 0.0698. The molecule has 2 rings (SSSR count). The van der Waals surface area contributed by atoms with Crippen LogP contribution in [0.3, 0.4) is 0 Å². The van der Waals surface area contributed by atoms with Crippen LogP contribution in [0.25, 0.3) is 11.0 Å². The van der Waals surface area contributed by atoms with Gasteiger partial charge in [0.2, 0.25) is 0 Å². The van der Waals surface area contributed by atoms with Gasteiger partial charge in [-0.1, -0.05) is 13.0 Å². The number of rotatable bonds is 4. The number of aliphatic hydroxyl groups is 1. The molecule has 0 radical (unpaired) electrons. The molecule has 1 heterocycles. The van der Waals surface area contributed by atoms with Gasteiger partial charge in [0.1, 0.15) is 0 Å². The smallest absolute Gasteiger partial charge is 0.337 e. The minimum Gasteiger partial charge on any atom is -0.478 e. The van der Waals surface area contributed by atoms with Crippen molar-refractivity contribution in [3.05, 3.63) is 30.1 Å². The Morgan fingerprint density at radius 1 is 1.53 bits per heavy atom. The summed E-state index contributed by atoms with van der Waals surface area (Å²) >= 11 is 0. The number of aliphatic hydroxyl groups excluding tert-OH is 1. The number of aromatic carboxylic acids is 1. The molecule has 1 unspecified atom stereocenters. The van der Waals surface area contributed by atoms with Crippen LogP contribution in [0.2, 0.25) is 0 Å². The SMILES string of the molecule is CC(CO)Cn1cnc2cccc(C(=O)O)c21. The van der Waals surface area contributed by atoms with Gasteiger partial charge >= 0.3 is 5.97 Å². The van der Waals surface area contributed by atoms with Gasteiger partial charge < -0.3 is 14.8 Å². The van der Waals surface area contributed by atoms with Crippen molar-refractivity contribution in [3.63, 3.8) is 0 Å². The number of carbonyl (C=O) groups is 1. The number of aromatic nitrogens is 2. The minimum atomic E-state index is -0.964. The molecule has 1 aromatic heterocycles. The summed E-state index contributed by atoms with van der Waals surface area (Å²) in [6.45, 7) is 2.52. The summed E-state index contributed by atoms with van der Waals surface area (Å²) in [7, 11) is 0. The van der Waals surface area contributed by atoms with Crippen LogP contribution in [-0.2, 0) is 6.54 Å². The molecule has 0 fully saturated rings. The quantitative estimate of drug-likeness (QED) is 0.837. The first-order valence-corrected chi connectivity index (χ1v) is 5.41. The van der Waals surface area contributed by atoms with Crippen LogP contribution in [0, 0.1) is 5.92 Å². The number of hydrogen-bond acceptors (Lipinski definition) is 3. The number of fused-ring (bicyclic) bond motifs is 1. The molecular weight excluding hydrogens is 220 g/mol. The molecule has 5 heteroatoms. The maximum atomic E-state index is 11.1. The molecule has 1 atom stereocenters. The maximum Gasteiger partial charge on any atom is 0.337 e. The van der Waals surface area contributed by atoms with Crippen molar-refractivity contribution in [1.29, 1.82) is 0 Å². The summed E-state index contributed by atoms with van der Waals surface area (Å²) in [6.07, 6.45) is 1.61. The normalized spacial score (nSPS) is 12.8. The highest BCUT2D eigenvalue weighted by atomic mass is 16.4. The number of imidazole rings is 1. The molecule has 0 saturated heterocycles. The second-order valence-corrected chi connectivity index (χ2v) is 4.16. The van der Waals surface area contributed by atoms with Crippen LogP contribution in [0.4, 0.5) is 0 Å². The molecular formula is C12H14N2O3. The number of hydrogen-bond donors (Lipinski definition) is 2. The summed E-state index contributed by atoms with van der Waals surface area (Å²) < 4.78 is 1.78. The van der Waals surface area contributed by atoms with E-state index in [1.54, 1.807) is 29.1 Å². The van der Waals surface area contributed by atoms with E-state index < -0.39 is 5.97 Å². The van der Waals surface area contributed by atoms with Crippen LogP contribution >= 0.6 is 0 Å². The average molecular weight is 234 g/mol. The monoisotopic (exact) mass is 234 g/mol. The topological polar surface area (TPSA) is 75.3 Å². The van der Waals surface area contributed by atoms with Gasteiger partial charge in [0.25, 0.3) is 0 Å². The van der Waals surface area contributed by atoms with Gasteiger partial charge in [-0.15, -0.1) is 0 Å². The van der Waals surface area contributed by atoms with Crippen LogP contribution in [0.1, 0.15) is 17.3 Å². The molecule has 0 bridgehead atoms. The van der Waals surface area contributed by atoms with E-state index in [-0.39, 0.29) is 18.1 Å². The Morgan fingerprint density at radius 3 is 2.94 bits per heavy atom. The lowest BCUT2D eigenvalue weighted by Crippen LogP contribution is -2.11. The molecule has 5 nitrogen and oxygen atoms in total. The Morgan fingerprint density at radius 2 is 2.29 bits per heavy atom. The van der Waals surface area contributed by atoms with Gasteiger partial charge in [0.05, 0.1) is 22.9 Å². The molecule has 2 aromatic rings. The zero-order chi connectivity index (χ0) is 12.4. The molecule has 0 aliphatic rings. The third-order valence-corrected chi connectivity index (χ3v) is 2.69. The average Bonchev–Trinajstić information content (AvgIpc) is 2.72. The molecule has 0 amide bonds. The molecule has 0 saturated carbocycles. The van der Waals surface area contributed by atoms with Gasteiger partial charge in [-0.05, 0) is 18.1 Å². The summed E-state index contributed by atoms with van der Waals surface area (Å²) in [5, 5.41) is 18.2. The number of carboxylic acid groups (broad SMARTS) is 1. The predicted molar refractivity (Wildman–Crippen MR) is 62.9 cm³/mol. The van der Waals surface area contributed by atoms with Crippen LogP contribution in [-0.4, -0.2) is 32.3 Å². The largest absolute Gasteiger partial charge is 0.478 e. The third kappa shape index (κ3) is 2.14. The van der Waals surface area contributed by atoms with Crippen LogP contribution < -0.4 is 0 Å². The molecule has 0 aliphatic carbocycles. The van der Waals surface area contributed by atoms with E-state index in [2.05, 4.69) is 4.98 Å². The van der Waals surface area contributed by atoms with Crippen molar-refractivity contribution >= 4 is 17.0 Å². The Hall–Kier alpha value is -1.88. The Bertz CT molecular complexity index is 548. The first kappa shape index (κ1) is 11.6. The van der Waals surface area contributed by atoms with E-state index >= 15 is 0 Å². The number of benzene rings is 1. The molecule has 2 N–H and O–H groups in total. The van der Waals surface area contributed by atoms with Gasteiger partial charge in [-0.3, -0.25) is 0 Å². The molecule has 0 aliphatic heterocycles. The van der Waals surface area contributed by atoms with E-state index in [4.69, 9.17) is 10.2 Å². The second-order valence-electron chi connectivity index (χ2n) is 4.16. The van der Waals surface area contributed by atoms with Crippen LogP contribution in [0.5, 0.6) is 0 Å². The van der Waals surface area contributed by atoms with Crippen molar-refractivity contribution < 1.29 is 15.0 Å². The maximum absolute atomic E-state index is 11.1. The van der Waals surface area contributed by atoms with E-state index in [1.807, 2.05) is 6.92 Å². The first-order valence-electron chi connectivity index (χ1n) is 5.41. The zero-order valence-corrected chi connectivity index (χ0v) is 9.50. The van der Waals surface area contributed by atoms with Gasteiger partial charge in [0.15, 0.2) is 0 Å². The van der Waals surface area contributed by atoms with E-state index in [0.29, 0.717) is 17.6 Å². The molecule has 0 spiro atoms. The van der Waals surface area contributed by atoms with Crippen molar-refractivity contribution in [3.8, 4) is 0 Å². The molecule has 1 aromatic carbocycles. The van der Waals surface area contributed by atoms with Crippen molar-refractivity contribution in [2.75, 3.05) is 6.61 Å². The fourth-order valence-electron chi connectivity index (χ4n) is 1.83. The van der Waals surface area contributed by atoms with Crippen molar-refractivity contribution in [2.45, 2.75) is 13.5 Å². The van der Waals surface area contributed by atoms with Crippen LogP contribution in [0.15, 0.2) is 24.5 Å². The van der Waals surface area contributed by atoms with Crippen molar-refractivity contribution in [1.82, 2.24) is 9.55 Å². The third-order valence-electron chi connectivity index (χ3n) is 2.69. The van der Waals surface area contributed by atoms with Gasteiger partial charge in [0, 0.05) is 13.2 Å². The highest BCUT2D eigenvalue weighted by Crippen LogP contribution is 2.19. The van der Waals surface area contributed by atoms with E-state index in [1.165, 1.54) is 0 Å².